The molecule has 3 heteroatoms. The Hall–Kier alpha value is -0.630. The highest BCUT2D eigenvalue weighted by atomic mass is 35.5. The van der Waals surface area contributed by atoms with E-state index in [1.807, 2.05) is 0 Å². The SMILES string of the molecule is Fc1cccc(CCCl)c1F. The lowest BCUT2D eigenvalue weighted by Gasteiger charge is -1.99. The molecule has 1 rings (SSSR count). The first-order valence-corrected chi connectivity index (χ1v) is 3.78. The number of rotatable bonds is 2. The molecule has 0 bridgehead atoms. The highest BCUT2D eigenvalue weighted by Gasteiger charge is 2.05. The fourth-order valence-electron chi connectivity index (χ4n) is 0.843. The van der Waals surface area contributed by atoms with Crippen molar-refractivity contribution < 1.29 is 8.78 Å². The average Bonchev–Trinajstić information content (AvgIpc) is 1.99. The number of benzene rings is 1. The van der Waals surface area contributed by atoms with Gasteiger partial charge in [0.1, 0.15) is 0 Å². The molecule has 0 saturated heterocycles. The Balaban J connectivity index is 2.96. The van der Waals surface area contributed by atoms with Crippen LogP contribution in [0.3, 0.4) is 0 Å². The molecule has 0 aliphatic rings. The fourth-order valence-corrected chi connectivity index (χ4v) is 1.05. The summed E-state index contributed by atoms with van der Waals surface area (Å²) in [6.45, 7) is 0. The maximum Gasteiger partial charge on any atom is 0.162 e. The molecule has 0 atom stereocenters. The van der Waals surface area contributed by atoms with Gasteiger partial charge in [-0.1, -0.05) is 12.1 Å². The van der Waals surface area contributed by atoms with E-state index in [1.54, 1.807) is 0 Å². The summed E-state index contributed by atoms with van der Waals surface area (Å²) in [5.41, 5.74) is 0.333. The summed E-state index contributed by atoms with van der Waals surface area (Å²) in [7, 11) is 0. The van der Waals surface area contributed by atoms with Crippen molar-refractivity contribution in [3.05, 3.63) is 35.4 Å². The molecule has 0 aliphatic heterocycles. The van der Waals surface area contributed by atoms with Crippen LogP contribution >= 0.6 is 11.6 Å². The molecule has 0 N–H and O–H groups in total. The lowest BCUT2D eigenvalue weighted by atomic mass is 10.1. The molecule has 0 aliphatic carbocycles. The van der Waals surface area contributed by atoms with Gasteiger partial charge in [-0.15, -0.1) is 11.6 Å². The molecule has 1 aromatic rings. The lowest BCUT2D eigenvalue weighted by Crippen LogP contribution is -1.94. The van der Waals surface area contributed by atoms with Crippen LogP contribution in [-0.2, 0) is 6.42 Å². The zero-order valence-electron chi connectivity index (χ0n) is 5.78. The molecule has 11 heavy (non-hydrogen) atoms. The van der Waals surface area contributed by atoms with E-state index in [2.05, 4.69) is 0 Å². The van der Waals surface area contributed by atoms with Gasteiger partial charge >= 0.3 is 0 Å². The molecule has 0 saturated carbocycles. The largest absolute Gasteiger partial charge is 0.204 e. The predicted octanol–water partition coefficient (Wildman–Crippen LogP) is 2.75. The van der Waals surface area contributed by atoms with Crippen molar-refractivity contribution in [3.8, 4) is 0 Å². The molecule has 0 nitrogen and oxygen atoms in total. The van der Waals surface area contributed by atoms with Crippen LogP contribution in [0.1, 0.15) is 5.56 Å². The van der Waals surface area contributed by atoms with Crippen LogP contribution in [0.5, 0.6) is 0 Å². The third-order valence-corrected chi connectivity index (χ3v) is 1.58. The Morgan fingerprint density at radius 2 is 2.00 bits per heavy atom. The summed E-state index contributed by atoms with van der Waals surface area (Å²) in [5, 5.41) is 0. The zero-order chi connectivity index (χ0) is 8.27. The molecular formula is C8H7ClF2. The molecule has 0 fully saturated rings. The summed E-state index contributed by atoms with van der Waals surface area (Å²) in [6.07, 6.45) is 0.366. The number of alkyl halides is 1. The Morgan fingerprint density at radius 1 is 1.27 bits per heavy atom. The van der Waals surface area contributed by atoms with Gasteiger partial charge < -0.3 is 0 Å². The van der Waals surface area contributed by atoms with Crippen molar-refractivity contribution in [1.29, 1.82) is 0 Å². The number of hydrogen-bond donors (Lipinski definition) is 0. The van der Waals surface area contributed by atoms with E-state index in [-0.39, 0.29) is 0 Å². The van der Waals surface area contributed by atoms with Gasteiger partial charge in [0.25, 0.3) is 0 Å². The van der Waals surface area contributed by atoms with Crippen LogP contribution in [0.25, 0.3) is 0 Å². The Kier molecular flexibility index (Phi) is 2.83. The van der Waals surface area contributed by atoms with E-state index in [9.17, 15) is 8.78 Å². The second-order valence-corrected chi connectivity index (χ2v) is 2.53. The molecule has 0 radical (unpaired) electrons. The quantitative estimate of drug-likeness (QED) is 0.608. The summed E-state index contributed by atoms with van der Waals surface area (Å²) >= 11 is 5.37. The van der Waals surface area contributed by atoms with E-state index in [0.717, 1.165) is 6.07 Å². The fraction of sp³-hybridized carbons (Fsp3) is 0.250. The predicted molar refractivity (Wildman–Crippen MR) is 40.8 cm³/mol. The number of halogens is 3. The van der Waals surface area contributed by atoms with Crippen molar-refractivity contribution in [3.63, 3.8) is 0 Å². The zero-order valence-corrected chi connectivity index (χ0v) is 6.54. The van der Waals surface area contributed by atoms with Crippen molar-refractivity contribution in [2.24, 2.45) is 0 Å². The Morgan fingerprint density at radius 3 is 2.64 bits per heavy atom. The molecule has 0 heterocycles. The van der Waals surface area contributed by atoms with Crippen LogP contribution < -0.4 is 0 Å². The second-order valence-electron chi connectivity index (χ2n) is 2.15. The standard InChI is InChI=1S/C8H7ClF2/c9-5-4-6-2-1-3-7(10)8(6)11/h1-3H,4-5H2. The monoisotopic (exact) mass is 176 g/mol. The summed E-state index contributed by atoms with van der Waals surface area (Å²) in [6, 6.07) is 4.09. The lowest BCUT2D eigenvalue weighted by molar-refractivity contribution is 0.500. The van der Waals surface area contributed by atoms with Crippen molar-refractivity contribution in [2.75, 3.05) is 5.88 Å². The van der Waals surface area contributed by atoms with Crippen LogP contribution in [0.4, 0.5) is 8.78 Å². The van der Waals surface area contributed by atoms with Gasteiger partial charge in [-0.05, 0) is 18.1 Å². The highest BCUT2D eigenvalue weighted by molar-refractivity contribution is 6.17. The van der Waals surface area contributed by atoms with Gasteiger partial charge in [0, 0.05) is 5.88 Å². The maximum absolute atomic E-state index is 12.8. The Labute approximate surface area is 68.8 Å². The Bertz CT molecular complexity index is 248. The third-order valence-electron chi connectivity index (χ3n) is 1.40. The van der Waals surface area contributed by atoms with Gasteiger partial charge in [0.2, 0.25) is 0 Å². The minimum atomic E-state index is -0.812. The van der Waals surface area contributed by atoms with Crippen LogP contribution in [-0.4, -0.2) is 5.88 Å². The third kappa shape index (κ3) is 1.90. The van der Waals surface area contributed by atoms with Gasteiger partial charge in [-0.3, -0.25) is 0 Å². The maximum atomic E-state index is 12.8. The molecule has 0 unspecified atom stereocenters. The number of aryl methyl sites for hydroxylation is 1. The van der Waals surface area contributed by atoms with E-state index >= 15 is 0 Å². The van der Waals surface area contributed by atoms with E-state index in [1.165, 1.54) is 12.1 Å². The molecular weight excluding hydrogens is 170 g/mol. The molecule has 0 spiro atoms. The minimum Gasteiger partial charge on any atom is -0.204 e. The van der Waals surface area contributed by atoms with E-state index in [4.69, 9.17) is 11.6 Å². The highest BCUT2D eigenvalue weighted by Crippen LogP contribution is 2.11. The van der Waals surface area contributed by atoms with Crippen molar-refractivity contribution >= 4 is 11.6 Å². The number of hydrogen-bond acceptors (Lipinski definition) is 0. The second kappa shape index (κ2) is 3.67. The summed E-state index contributed by atoms with van der Waals surface area (Å²) < 4.78 is 25.2. The van der Waals surface area contributed by atoms with Gasteiger partial charge in [-0.25, -0.2) is 8.78 Å². The average molecular weight is 177 g/mol. The first-order valence-electron chi connectivity index (χ1n) is 3.24. The van der Waals surface area contributed by atoms with Gasteiger partial charge in [-0.2, -0.15) is 0 Å². The van der Waals surface area contributed by atoms with Crippen molar-refractivity contribution in [2.45, 2.75) is 6.42 Å². The molecule has 1 aromatic carbocycles. The smallest absolute Gasteiger partial charge is 0.162 e. The van der Waals surface area contributed by atoms with Crippen molar-refractivity contribution in [1.82, 2.24) is 0 Å². The molecule has 0 aromatic heterocycles. The van der Waals surface area contributed by atoms with Gasteiger partial charge in [0.15, 0.2) is 11.6 Å². The first kappa shape index (κ1) is 8.47. The van der Waals surface area contributed by atoms with Gasteiger partial charge in [0.05, 0.1) is 0 Å². The molecule has 0 amide bonds. The minimum absolute atomic E-state index is 0.306. The van der Waals surface area contributed by atoms with Crippen LogP contribution in [0, 0.1) is 11.6 Å². The molecule has 60 valence electrons. The van der Waals surface area contributed by atoms with E-state index in [0.29, 0.717) is 17.9 Å². The normalized spacial score (nSPS) is 10.1. The van der Waals surface area contributed by atoms with E-state index < -0.39 is 11.6 Å². The summed E-state index contributed by atoms with van der Waals surface area (Å²) in [4.78, 5) is 0. The van der Waals surface area contributed by atoms with Crippen LogP contribution in [0.2, 0.25) is 0 Å². The topological polar surface area (TPSA) is 0 Å². The van der Waals surface area contributed by atoms with Crippen LogP contribution in [0.15, 0.2) is 18.2 Å². The summed E-state index contributed by atoms with van der Waals surface area (Å²) in [5.74, 6) is -1.29. The first-order chi connectivity index (χ1) is 5.25.